The standard InChI is InChI=1S/C64H124O17P2/c1-7-10-12-14-16-17-22-30-36-42-48-63(68)80-59(52-74-61(66)46-40-34-26-15-13-11-8-2)54-78-82(70,71)76-50-58(65)51-77-83(72,73)79-55-60(53-75-62(67)47-41-35-29-25-24-28-33-39-45-57(6)9-3)81-64(69)49-43-37-31-23-20-18-19-21-27-32-38-44-56(4)5/h56-60,65H,7-55H2,1-6H3,(H,70,71)(H,72,73)/t57?,58-,59+,60+/m0/s1. The van der Waals surface area contributed by atoms with Crippen LogP contribution in [0.5, 0.6) is 0 Å². The van der Waals surface area contributed by atoms with Crippen LogP contribution in [0, 0.1) is 11.8 Å². The molecule has 0 aliphatic carbocycles. The predicted molar refractivity (Wildman–Crippen MR) is 331 cm³/mol. The Morgan fingerprint density at radius 3 is 0.916 bits per heavy atom. The molecule has 0 heterocycles. The first kappa shape index (κ1) is 81.1. The van der Waals surface area contributed by atoms with Gasteiger partial charge in [-0.3, -0.25) is 37.3 Å². The van der Waals surface area contributed by atoms with Crippen molar-refractivity contribution in [3.63, 3.8) is 0 Å². The van der Waals surface area contributed by atoms with E-state index < -0.39 is 97.5 Å². The molecule has 492 valence electrons. The van der Waals surface area contributed by atoms with Crippen LogP contribution in [0.3, 0.4) is 0 Å². The van der Waals surface area contributed by atoms with Crippen LogP contribution >= 0.6 is 15.6 Å². The smallest absolute Gasteiger partial charge is 0.462 e. The van der Waals surface area contributed by atoms with Crippen LogP contribution in [0.2, 0.25) is 0 Å². The molecular weight excluding hydrogens is 1100 g/mol. The molecule has 0 saturated carbocycles. The molecule has 0 aliphatic heterocycles. The molecular formula is C64H124O17P2. The van der Waals surface area contributed by atoms with Gasteiger partial charge in [-0.05, 0) is 37.5 Å². The summed E-state index contributed by atoms with van der Waals surface area (Å²) >= 11 is 0. The highest BCUT2D eigenvalue weighted by Crippen LogP contribution is 2.45. The maximum absolute atomic E-state index is 13.0. The Bertz CT molecular complexity index is 1630. The first-order valence-electron chi connectivity index (χ1n) is 33.5. The van der Waals surface area contributed by atoms with Gasteiger partial charge in [-0.2, -0.15) is 0 Å². The zero-order valence-corrected chi connectivity index (χ0v) is 55.3. The van der Waals surface area contributed by atoms with Gasteiger partial charge in [0.15, 0.2) is 12.2 Å². The van der Waals surface area contributed by atoms with E-state index in [2.05, 4.69) is 41.5 Å². The van der Waals surface area contributed by atoms with Crippen molar-refractivity contribution in [1.29, 1.82) is 0 Å². The van der Waals surface area contributed by atoms with Gasteiger partial charge in [-0.15, -0.1) is 0 Å². The maximum Gasteiger partial charge on any atom is 0.472 e. The third kappa shape index (κ3) is 57.6. The van der Waals surface area contributed by atoms with Crippen molar-refractivity contribution in [3.05, 3.63) is 0 Å². The van der Waals surface area contributed by atoms with Crippen LogP contribution in [-0.4, -0.2) is 96.7 Å². The Labute approximate surface area is 505 Å². The number of phosphoric acid groups is 2. The van der Waals surface area contributed by atoms with Crippen LogP contribution in [0.4, 0.5) is 0 Å². The van der Waals surface area contributed by atoms with Gasteiger partial charge < -0.3 is 33.8 Å². The number of hydrogen-bond donors (Lipinski definition) is 3. The van der Waals surface area contributed by atoms with E-state index in [9.17, 15) is 43.2 Å². The first-order valence-corrected chi connectivity index (χ1v) is 36.5. The summed E-state index contributed by atoms with van der Waals surface area (Å²) in [5, 5.41) is 10.5. The minimum atomic E-state index is -4.94. The van der Waals surface area contributed by atoms with Crippen LogP contribution in [0.1, 0.15) is 318 Å². The summed E-state index contributed by atoms with van der Waals surface area (Å²) in [7, 11) is -9.88. The number of unbranched alkanes of at least 4 members (excludes halogenated alkanes) is 32. The molecule has 3 unspecified atom stereocenters. The highest BCUT2D eigenvalue weighted by atomic mass is 31.2. The maximum atomic E-state index is 13.0. The van der Waals surface area contributed by atoms with Gasteiger partial charge >= 0.3 is 39.5 Å². The molecule has 0 bridgehead atoms. The van der Waals surface area contributed by atoms with Crippen molar-refractivity contribution >= 4 is 39.5 Å². The van der Waals surface area contributed by atoms with Gasteiger partial charge in [0.1, 0.15) is 19.3 Å². The van der Waals surface area contributed by atoms with Crippen LogP contribution in [0.15, 0.2) is 0 Å². The molecule has 0 saturated heterocycles. The lowest BCUT2D eigenvalue weighted by atomic mass is 9.99. The molecule has 0 aromatic rings. The molecule has 0 spiro atoms. The van der Waals surface area contributed by atoms with Gasteiger partial charge in [0.2, 0.25) is 0 Å². The van der Waals surface area contributed by atoms with E-state index in [0.29, 0.717) is 25.7 Å². The van der Waals surface area contributed by atoms with Crippen molar-refractivity contribution in [2.45, 2.75) is 336 Å². The number of aliphatic hydroxyl groups is 1. The summed E-state index contributed by atoms with van der Waals surface area (Å²) in [4.78, 5) is 72.1. The van der Waals surface area contributed by atoms with Crippen molar-refractivity contribution in [1.82, 2.24) is 0 Å². The molecule has 0 amide bonds. The molecule has 17 nitrogen and oxygen atoms in total. The fourth-order valence-electron chi connectivity index (χ4n) is 9.50. The Balaban J connectivity index is 5.22. The van der Waals surface area contributed by atoms with Gasteiger partial charge in [0, 0.05) is 25.7 Å². The molecule has 0 radical (unpaired) electrons. The number of hydrogen-bond acceptors (Lipinski definition) is 15. The van der Waals surface area contributed by atoms with Crippen LogP contribution < -0.4 is 0 Å². The number of rotatable bonds is 63. The zero-order chi connectivity index (χ0) is 61.5. The second-order valence-corrected chi connectivity index (χ2v) is 26.8. The number of carbonyl (C=O) groups is 4. The Morgan fingerprint density at radius 2 is 0.614 bits per heavy atom. The Morgan fingerprint density at radius 1 is 0.349 bits per heavy atom. The second-order valence-electron chi connectivity index (χ2n) is 23.9. The number of ether oxygens (including phenoxy) is 4. The van der Waals surface area contributed by atoms with Crippen molar-refractivity contribution in [2.75, 3.05) is 39.6 Å². The lowest BCUT2D eigenvalue weighted by molar-refractivity contribution is -0.161. The van der Waals surface area contributed by atoms with Gasteiger partial charge in [-0.25, -0.2) is 9.13 Å². The molecule has 0 aliphatic rings. The minimum Gasteiger partial charge on any atom is -0.462 e. The average molecular weight is 1230 g/mol. The number of esters is 4. The number of carbonyl (C=O) groups excluding carboxylic acids is 4. The highest BCUT2D eigenvalue weighted by molar-refractivity contribution is 7.47. The molecule has 0 aromatic heterocycles. The summed E-state index contributed by atoms with van der Waals surface area (Å²) in [5.41, 5.74) is 0. The average Bonchev–Trinajstić information content (AvgIpc) is 3.46. The fourth-order valence-corrected chi connectivity index (χ4v) is 11.1. The largest absolute Gasteiger partial charge is 0.472 e. The predicted octanol–water partition coefficient (Wildman–Crippen LogP) is 17.7. The van der Waals surface area contributed by atoms with Gasteiger partial charge in [0.25, 0.3) is 0 Å². The monoisotopic (exact) mass is 1230 g/mol. The third-order valence-electron chi connectivity index (χ3n) is 15.1. The molecule has 0 aromatic carbocycles. The zero-order valence-electron chi connectivity index (χ0n) is 53.5. The van der Waals surface area contributed by atoms with Crippen molar-refractivity contribution < 1.29 is 80.2 Å². The first-order chi connectivity index (χ1) is 39.9. The van der Waals surface area contributed by atoms with Crippen LogP contribution in [-0.2, 0) is 65.4 Å². The molecule has 6 atom stereocenters. The van der Waals surface area contributed by atoms with E-state index in [-0.39, 0.29) is 25.7 Å². The summed E-state index contributed by atoms with van der Waals surface area (Å²) in [6, 6.07) is 0. The number of aliphatic hydroxyl groups excluding tert-OH is 1. The molecule has 19 heteroatoms. The lowest BCUT2D eigenvalue weighted by Gasteiger charge is -2.21. The summed E-state index contributed by atoms with van der Waals surface area (Å²) in [6.45, 7) is 9.45. The van der Waals surface area contributed by atoms with Crippen molar-refractivity contribution in [2.24, 2.45) is 11.8 Å². The van der Waals surface area contributed by atoms with E-state index in [0.717, 1.165) is 115 Å². The summed E-state index contributed by atoms with van der Waals surface area (Å²) in [5.74, 6) is -0.595. The topological polar surface area (TPSA) is 237 Å². The summed E-state index contributed by atoms with van der Waals surface area (Å²) in [6.07, 6.45) is 38.9. The van der Waals surface area contributed by atoms with Gasteiger partial charge in [-0.1, -0.05) is 266 Å². The van der Waals surface area contributed by atoms with E-state index >= 15 is 0 Å². The minimum absolute atomic E-state index is 0.106. The normalized spacial score (nSPS) is 14.6. The van der Waals surface area contributed by atoms with E-state index in [1.165, 1.54) is 122 Å². The molecule has 3 N–H and O–H groups in total. The fraction of sp³-hybridized carbons (Fsp3) is 0.938. The number of phosphoric ester groups is 2. The van der Waals surface area contributed by atoms with E-state index in [1.807, 2.05) is 0 Å². The molecule has 0 rings (SSSR count). The molecule has 83 heavy (non-hydrogen) atoms. The van der Waals surface area contributed by atoms with E-state index in [1.54, 1.807) is 0 Å². The summed E-state index contributed by atoms with van der Waals surface area (Å²) < 4.78 is 67.9. The second kappa shape index (κ2) is 56.6. The van der Waals surface area contributed by atoms with Crippen LogP contribution in [0.25, 0.3) is 0 Å². The molecule has 0 fully saturated rings. The third-order valence-corrected chi connectivity index (χ3v) is 17.0. The highest BCUT2D eigenvalue weighted by Gasteiger charge is 2.30. The van der Waals surface area contributed by atoms with Crippen molar-refractivity contribution in [3.8, 4) is 0 Å². The lowest BCUT2D eigenvalue weighted by Crippen LogP contribution is -2.30. The van der Waals surface area contributed by atoms with Gasteiger partial charge in [0.05, 0.1) is 26.4 Å². The quantitative estimate of drug-likeness (QED) is 0.0222. The Kier molecular flexibility index (Phi) is 55.2. The Hall–Kier alpha value is -1.94. The SMILES string of the molecule is CCCCCCCCCCCCC(=O)O[C@H](COC(=O)CCCCCCCCC)COP(=O)(O)OC[C@H](O)COP(=O)(O)OC[C@@H](COC(=O)CCCCCCCCCCC(C)CC)OC(=O)CCCCCCCCCCCCCC(C)C. The van der Waals surface area contributed by atoms with E-state index in [4.69, 9.17) is 37.0 Å².